The maximum absolute atomic E-state index is 11.9. The fourth-order valence-corrected chi connectivity index (χ4v) is 2.30. The molecule has 0 saturated carbocycles. The molecule has 5 heteroatoms. The average Bonchev–Trinajstić information content (AvgIpc) is 2.37. The first-order chi connectivity index (χ1) is 9.47. The number of nitrogens with zero attached hydrogens (tertiary/aromatic N) is 1. The fourth-order valence-electron chi connectivity index (χ4n) is 2.07. The molecule has 0 aliphatic rings. The second-order valence-corrected chi connectivity index (χ2v) is 5.97. The van der Waals surface area contributed by atoms with Crippen molar-refractivity contribution in [3.8, 4) is 0 Å². The Morgan fingerprint density at radius 3 is 2.05 bits per heavy atom. The number of hydrogen-bond donors (Lipinski definition) is 0. The molecule has 20 heavy (non-hydrogen) atoms. The third-order valence-corrected chi connectivity index (χ3v) is 3.65. The van der Waals surface area contributed by atoms with E-state index in [2.05, 4.69) is 20.9 Å². The lowest BCUT2D eigenvalue weighted by molar-refractivity contribution is -0.135. The summed E-state index contributed by atoms with van der Waals surface area (Å²) in [4.78, 5) is 4.31. The number of unbranched alkanes of at least 4 members (excludes halogenated alkanes) is 6. The Kier molecular flexibility index (Phi) is 8.19. The normalized spacial score (nSPS) is 11.8. The lowest BCUT2D eigenvalue weighted by Crippen LogP contribution is -2.06. The van der Waals surface area contributed by atoms with Crippen LogP contribution in [0.4, 0.5) is 13.2 Å². The van der Waals surface area contributed by atoms with Crippen molar-refractivity contribution in [2.45, 2.75) is 64.0 Å². The summed E-state index contributed by atoms with van der Waals surface area (Å²) in [5.41, 5.74) is 1.10. The van der Waals surface area contributed by atoms with Crippen LogP contribution in [0.15, 0.2) is 22.8 Å². The molecule has 0 atom stereocenters. The molecule has 1 aromatic rings. The molecule has 0 N–H and O–H groups in total. The predicted octanol–water partition coefficient (Wildman–Crippen LogP) is 6.07. The molecule has 0 radical (unpaired) electrons. The summed E-state index contributed by atoms with van der Waals surface area (Å²) in [7, 11) is 0. The summed E-state index contributed by atoms with van der Waals surface area (Å²) in [5, 5.41) is 0. The molecule has 0 unspecified atom stereocenters. The number of aromatic nitrogens is 1. The average molecular weight is 352 g/mol. The van der Waals surface area contributed by atoms with Gasteiger partial charge in [0, 0.05) is 22.8 Å². The highest BCUT2D eigenvalue weighted by Crippen LogP contribution is 2.23. The highest BCUT2D eigenvalue weighted by molar-refractivity contribution is 9.10. The lowest BCUT2D eigenvalue weighted by Gasteiger charge is -2.05. The Bertz CT molecular complexity index is 362. The summed E-state index contributed by atoms with van der Waals surface area (Å²) in [5.74, 6) is 0. The van der Waals surface area contributed by atoms with E-state index >= 15 is 0 Å². The molecule has 1 aromatic heterocycles. The first kappa shape index (κ1) is 17.5. The number of halogens is 4. The molecular formula is C15H21BrF3N. The topological polar surface area (TPSA) is 12.9 Å². The van der Waals surface area contributed by atoms with Crippen molar-refractivity contribution in [1.82, 2.24) is 4.98 Å². The summed E-state index contributed by atoms with van der Waals surface area (Å²) >= 11 is 3.35. The van der Waals surface area contributed by atoms with E-state index in [1.54, 1.807) is 6.20 Å². The van der Waals surface area contributed by atoms with E-state index in [-0.39, 0.29) is 6.42 Å². The maximum atomic E-state index is 11.9. The van der Waals surface area contributed by atoms with Crippen molar-refractivity contribution in [1.29, 1.82) is 0 Å². The zero-order valence-corrected chi connectivity index (χ0v) is 13.1. The third kappa shape index (κ3) is 9.34. The quantitative estimate of drug-likeness (QED) is 0.492. The van der Waals surface area contributed by atoms with Crippen LogP contribution in [0.5, 0.6) is 0 Å². The number of rotatable bonds is 9. The van der Waals surface area contributed by atoms with Gasteiger partial charge in [0.2, 0.25) is 0 Å². The van der Waals surface area contributed by atoms with Gasteiger partial charge in [0.15, 0.2) is 0 Å². The minimum atomic E-state index is -3.99. The van der Waals surface area contributed by atoms with Crippen LogP contribution in [0.3, 0.4) is 0 Å². The summed E-state index contributed by atoms with van der Waals surface area (Å²) in [6.45, 7) is 0. The summed E-state index contributed by atoms with van der Waals surface area (Å²) in [6.07, 6.45) is 4.37. The van der Waals surface area contributed by atoms with Crippen LogP contribution in [0, 0.1) is 0 Å². The molecule has 1 rings (SSSR count). The van der Waals surface area contributed by atoms with Gasteiger partial charge < -0.3 is 0 Å². The van der Waals surface area contributed by atoms with E-state index in [0.29, 0.717) is 6.42 Å². The van der Waals surface area contributed by atoms with Gasteiger partial charge in [-0.05, 0) is 47.3 Å². The van der Waals surface area contributed by atoms with E-state index in [1.807, 2.05) is 12.1 Å². The Balaban J connectivity index is 1.91. The number of hydrogen-bond acceptors (Lipinski definition) is 1. The second-order valence-electron chi connectivity index (χ2n) is 5.06. The molecule has 0 aromatic carbocycles. The molecule has 114 valence electrons. The smallest absolute Gasteiger partial charge is 0.260 e. The van der Waals surface area contributed by atoms with Gasteiger partial charge in [-0.1, -0.05) is 32.1 Å². The van der Waals surface area contributed by atoms with E-state index in [0.717, 1.165) is 48.7 Å². The van der Waals surface area contributed by atoms with Crippen LogP contribution in [-0.4, -0.2) is 11.2 Å². The molecule has 0 amide bonds. The largest absolute Gasteiger partial charge is 0.389 e. The Morgan fingerprint density at radius 1 is 0.900 bits per heavy atom. The van der Waals surface area contributed by atoms with Gasteiger partial charge in [0.1, 0.15) is 0 Å². The van der Waals surface area contributed by atoms with Crippen molar-refractivity contribution in [3.05, 3.63) is 28.5 Å². The first-order valence-electron chi connectivity index (χ1n) is 7.14. The van der Waals surface area contributed by atoms with Crippen molar-refractivity contribution >= 4 is 15.9 Å². The van der Waals surface area contributed by atoms with Crippen LogP contribution in [0.1, 0.15) is 57.1 Å². The Morgan fingerprint density at radius 2 is 1.50 bits per heavy atom. The predicted molar refractivity (Wildman–Crippen MR) is 78.6 cm³/mol. The van der Waals surface area contributed by atoms with Gasteiger partial charge in [-0.15, -0.1) is 0 Å². The highest BCUT2D eigenvalue weighted by atomic mass is 79.9. The molecule has 0 fully saturated rings. The van der Waals surface area contributed by atoms with Gasteiger partial charge in [0.05, 0.1) is 0 Å². The molecule has 0 aliphatic heterocycles. The van der Waals surface area contributed by atoms with Gasteiger partial charge in [-0.3, -0.25) is 4.98 Å². The minimum absolute atomic E-state index is 0.270. The SMILES string of the molecule is FC(F)(F)CCCCCCCCCc1ccc(Br)cn1. The molecule has 0 aliphatic carbocycles. The zero-order chi connectivity index (χ0) is 14.8. The summed E-state index contributed by atoms with van der Waals surface area (Å²) < 4.78 is 36.7. The third-order valence-electron chi connectivity index (χ3n) is 3.18. The molecular weight excluding hydrogens is 331 g/mol. The van der Waals surface area contributed by atoms with Gasteiger partial charge in [-0.25, -0.2) is 0 Å². The van der Waals surface area contributed by atoms with Crippen molar-refractivity contribution in [2.75, 3.05) is 0 Å². The summed E-state index contributed by atoms with van der Waals surface area (Å²) in [6, 6.07) is 4.00. The van der Waals surface area contributed by atoms with Gasteiger partial charge >= 0.3 is 6.18 Å². The lowest BCUT2D eigenvalue weighted by atomic mass is 10.1. The van der Waals surface area contributed by atoms with Gasteiger partial charge in [-0.2, -0.15) is 13.2 Å². The Hall–Kier alpha value is -0.580. The first-order valence-corrected chi connectivity index (χ1v) is 7.94. The van der Waals surface area contributed by atoms with Crippen LogP contribution in [-0.2, 0) is 6.42 Å². The second kappa shape index (κ2) is 9.37. The van der Waals surface area contributed by atoms with Gasteiger partial charge in [0.25, 0.3) is 0 Å². The molecule has 1 nitrogen and oxygen atoms in total. The maximum Gasteiger partial charge on any atom is 0.389 e. The van der Waals surface area contributed by atoms with E-state index in [1.165, 1.54) is 0 Å². The minimum Gasteiger partial charge on any atom is -0.260 e. The number of aryl methyl sites for hydroxylation is 1. The molecule has 0 bridgehead atoms. The standard InChI is InChI=1S/C15H21BrF3N/c16-13-9-10-14(20-12-13)8-6-4-2-1-3-5-7-11-15(17,18)19/h9-10,12H,1-8,11H2. The highest BCUT2D eigenvalue weighted by Gasteiger charge is 2.25. The number of pyridine rings is 1. The number of alkyl halides is 3. The van der Waals surface area contributed by atoms with Crippen LogP contribution >= 0.6 is 15.9 Å². The monoisotopic (exact) mass is 351 g/mol. The zero-order valence-electron chi connectivity index (χ0n) is 11.6. The van der Waals surface area contributed by atoms with Crippen LogP contribution in [0.25, 0.3) is 0 Å². The van der Waals surface area contributed by atoms with Crippen LogP contribution < -0.4 is 0 Å². The molecule has 0 spiro atoms. The fraction of sp³-hybridized carbons (Fsp3) is 0.667. The Labute approximate surface area is 127 Å². The van der Waals surface area contributed by atoms with E-state index in [9.17, 15) is 13.2 Å². The van der Waals surface area contributed by atoms with Crippen molar-refractivity contribution < 1.29 is 13.2 Å². The van der Waals surface area contributed by atoms with E-state index in [4.69, 9.17) is 0 Å². The molecule has 1 heterocycles. The van der Waals surface area contributed by atoms with Crippen molar-refractivity contribution in [3.63, 3.8) is 0 Å². The molecule has 0 saturated heterocycles. The van der Waals surface area contributed by atoms with E-state index < -0.39 is 12.6 Å². The van der Waals surface area contributed by atoms with Crippen molar-refractivity contribution in [2.24, 2.45) is 0 Å². The van der Waals surface area contributed by atoms with Crippen LogP contribution in [0.2, 0.25) is 0 Å².